The Morgan fingerprint density at radius 1 is 1.59 bits per heavy atom. The van der Waals surface area contributed by atoms with Crippen LogP contribution in [0.1, 0.15) is 5.37 Å². The molecule has 0 aromatic carbocycles. The van der Waals surface area contributed by atoms with Gasteiger partial charge in [0.05, 0.1) is 29.2 Å². The molecule has 0 spiro atoms. The first-order chi connectivity index (χ1) is 8.29. The standard InChI is InChI=1S/C9H10N4O2S2/c14-1-6-16-2-5(17-6)13-4-12-7-8(13)10-3-11-9(7)15/h3-6,14H,1-2H2,(H,10,11,15). The highest BCUT2D eigenvalue weighted by Crippen LogP contribution is 2.44. The van der Waals surface area contributed by atoms with E-state index in [1.54, 1.807) is 29.9 Å². The minimum atomic E-state index is -0.219. The monoisotopic (exact) mass is 270 g/mol. The predicted molar refractivity (Wildman–Crippen MR) is 68.1 cm³/mol. The average molecular weight is 270 g/mol. The molecular formula is C9H10N4O2S2. The van der Waals surface area contributed by atoms with Crippen LogP contribution in [0.3, 0.4) is 0 Å². The molecule has 3 heterocycles. The summed E-state index contributed by atoms with van der Waals surface area (Å²) in [7, 11) is 0. The first-order valence-corrected chi connectivity index (χ1v) is 7.07. The van der Waals surface area contributed by atoms with Crippen LogP contribution in [0, 0.1) is 0 Å². The van der Waals surface area contributed by atoms with Crippen LogP contribution in [0.5, 0.6) is 0 Å². The maximum Gasteiger partial charge on any atom is 0.278 e. The molecule has 0 aliphatic carbocycles. The maximum absolute atomic E-state index is 11.5. The van der Waals surface area contributed by atoms with E-state index in [4.69, 9.17) is 5.11 Å². The van der Waals surface area contributed by atoms with E-state index in [2.05, 4.69) is 15.0 Å². The van der Waals surface area contributed by atoms with Crippen molar-refractivity contribution in [3.05, 3.63) is 23.0 Å². The van der Waals surface area contributed by atoms with Gasteiger partial charge in [0.15, 0.2) is 11.2 Å². The summed E-state index contributed by atoms with van der Waals surface area (Å²) in [4.78, 5) is 22.3. The summed E-state index contributed by atoms with van der Waals surface area (Å²) in [6.45, 7) is 0.159. The number of aromatic nitrogens is 4. The third-order valence-electron chi connectivity index (χ3n) is 2.56. The lowest BCUT2D eigenvalue weighted by molar-refractivity contribution is 0.316. The molecule has 1 fully saturated rings. The largest absolute Gasteiger partial charge is 0.394 e. The van der Waals surface area contributed by atoms with Gasteiger partial charge in [0.25, 0.3) is 5.56 Å². The van der Waals surface area contributed by atoms with Crippen molar-refractivity contribution in [2.75, 3.05) is 12.4 Å². The zero-order valence-electron chi connectivity index (χ0n) is 8.74. The predicted octanol–water partition coefficient (Wildman–Crippen LogP) is 0.417. The number of hydrogen-bond acceptors (Lipinski definition) is 6. The quantitative estimate of drug-likeness (QED) is 0.822. The van der Waals surface area contributed by atoms with Gasteiger partial charge >= 0.3 is 0 Å². The van der Waals surface area contributed by atoms with E-state index in [-0.39, 0.29) is 22.1 Å². The Hall–Kier alpha value is -0.990. The fraction of sp³-hybridized carbons (Fsp3) is 0.444. The number of thioether (sulfide) groups is 2. The molecule has 6 nitrogen and oxygen atoms in total. The second-order valence-electron chi connectivity index (χ2n) is 3.59. The minimum Gasteiger partial charge on any atom is -0.394 e. The minimum absolute atomic E-state index is 0.159. The molecule has 2 N–H and O–H groups in total. The Kier molecular flexibility index (Phi) is 2.85. The number of nitrogens with one attached hydrogen (secondary N) is 1. The molecule has 2 aromatic rings. The highest BCUT2D eigenvalue weighted by molar-refractivity contribution is 8.20. The number of aliphatic hydroxyl groups excluding tert-OH is 1. The fourth-order valence-corrected chi connectivity index (χ4v) is 4.61. The Morgan fingerprint density at radius 3 is 3.24 bits per heavy atom. The van der Waals surface area contributed by atoms with Crippen molar-refractivity contribution in [1.29, 1.82) is 0 Å². The molecule has 1 aliphatic rings. The number of aromatic amines is 1. The van der Waals surface area contributed by atoms with Gasteiger partial charge in [-0.1, -0.05) is 0 Å². The number of rotatable bonds is 2. The van der Waals surface area contributed by atoms with Gasteiger partial charge in [-0.2, -0.15) is 0 Å². The summed E-state index contributed by atoms with van der Waals surface area (Å²) in [5.74, 6) is 0.885. The molecule has 90 valence electrons. The smallest absolute Gasteiger partial charge is 0.278 e. The van der Waals surface area contributed by atoms with Crippen LogP contribution in [0.4, 0.5) is 0 Å². The molecule has 0 saturated carbocycles. The summed E-state index contributed by atoms with van der Waals surface area (Å²) in [5.41, 5.74) is 0.749. The van der Waals surface area contributed by atoms with E-state index < -0.39 is 0 Å². The molecule has 3 rings (SSSR count). The fourth-order valence-electron chi connectivity index (χ4n) is 1.76. The van der Waals surface area contributed by atoms with Crippen molar-refractivity contribution in [3.63, 3.8) is 0 Å². The number of nitrogens with zero attached hydrogens (tertiary/aromatic N) is 3. The van der Waals surface area contributed by atoms with Crippen molar-refractivity contribution in [3.8, 4) is 0 Å². The van der Waals surface area contributed by atoms with E-state index in [0.29, 0.717) is 11.2 Å². The Balaban J connectivity index is 2.02. The number of H-pyrrole nitrogens is 1. The molecule has 8 heteroatoms. The summed E-state index contributed by atoms with van der Waals surface area (Å²) < 4.78 is 2.09. The Labute approximate surface area is 105 Å². The lowest BCUT2D eigenvalue weighted by atomic mass is 10.5. The number of aliphatic hydroxyl groups is 1. The second kappa shape index (κ2) is 4.35. The molecule has 0 radical (unpaired) electrons. The average Bonchev–Trinajstić information content (AvgIpc) is 2.94. The lowest BCUT2D eigenvalue weighted by Gasteiger charge is -2.10. The van der Waals surface area contributed by atoms with Crippen LogP contribution in [0.15, 0.2) is 17.4 Å². The van der Waals surface area contributed by atoms with Gasteiger partial charge in [0, 0.05) is 5.75 Å². The lowest BCUT2D eigenvalue weighted by Crippen LogP contribution is -2.09. The van der Waals surface area contributed by atoms with Gasteiger partial charge in [0.2, 0.25) is 0 Å². The van der Waals surface area contributed by atoms with Crippen LogP contribution in [0.2, 0.25) is 0 Å². The van der Waals surface area contributed by atoms with Gasteiger partial charge in [-0.15, -0.1) is 23.5 Å². The zero-order valence-corrected chi connectivity index (χ0v) is 10.4. The zero-order chi connectivity index (χ0) is 11.8. The molecule has 17 heavy (non-hydrogen) atoms. The molecular weight excluding hydrogens is 260 g/mol. The molecule has 0 amide bonds. The van der Waals surface area contributed by atoms with E-state index >= 15 is 0 Å². The SMILES string of the molecule is O=c1[nH]cnc2c1ncn2C1CSC(CO)S1. The van der Waals surface area contributed by atoms with Crippen molar-refractivity contribution in [1.82, 2.24) is 19.5 Å². The van der Waals surface area contributed by atoms with Crippen molar-refractivity contribution in [2.24, 2.45) is 0 Å². The summed E-state index contributed by atoms with van der Waals surface area (Å²) in [6, 6.07) is 0. The molecule has 1 aliphatic heterocycles. The molecule has 2 unspecified atom stereocenters. The van der Waals surface area contributed by atoms with Gasteiger partial charge < -0.3 is 14.7 Å². The number of fused-ring (bicyclic) bond motifs is 1. The third kappa shape index (κ3) is 1.85. The van der Waals surface area contributed by atoms with Gasteiger partial charge in [0.1, 0.15) is 0 Å². The summed E-state index contributed by atoms with van der Waals surface area (Å²) in [5, 5.41) is 9.28. The van der Waals surface area contributed by atoms with Crippen LogP contribution < -0.4 is 5.56 Å². The van der Waals surface area contributed by atoms with Gasteiger partial charge in [-0.3, -0.25) is 4.79 Å². The number of hydrogen-bond donors (Lipinski definition) is 2. The van der Waals surface area contributed by atoms with E-state index in [1.807, 2.05) is 4.57 Å². The van der Waals surface area contributed by atoms with Crippen LogP contribution in [-0.2, 0) is 0 Å². The van der Waals surface area contributed by atoms with Gasteiger partial charge in [-0.05, 0) is 0 Å². The van der Waals surface area contributed by atoms with Crippen LogP contribution in [-0.4, -0.2) is 41.6 Å². The maximum atomic E-state index is 11.5. The summed E-state index contributed by atoms with van der Waals surface area (Å²) >= 11 is 3.38. The van der Waals surface area contributed by atoms with Crippen molar-refractivity contribution < 1.29 is 5.11 Å². The first-order valence-electron chi connectivity index (χ1n) is 5.07. The Bertz CT molecular complexity index is 596. The highest BCUT2D eigenvalue weighted by Gasteiger charge is 2.28. The molecule has 2 atom stereocenters. The van der Waals surface area contributed by atoms with Crippen LogP contribution >= 0.6 is 23.5 Å². The van der Waals surface area contributed by atoms with E-state index in [9.17, 15) is 4.79 Å². The van der Waals surface area contributed by atoms with E-state index in [1.165, 1.54) is 6.33 Å². The van der Waals surface area contributed by atoms with Crippen molar-refractivity contribution in [2.45, 2.75) is 9.96 Å². The Morgan fingerprint density at radius 2 is 2.47 bits per heavy atom. The molecule has 2 aromatic heterocycles. The highest BCUT2D eigenvalue weighted by atomic mass is 32.2. The molecule has 1 saturated heterocycles. The second-order valence-corrected chi connectivity index (χ2v) is 6.51. The molecule has 0 bridgehead atoms. The summed E-state index contributed by atoms with van der Waals surface area (Å²) in [6.07, 6.45) is 3.03. The third-order valence-corrected chi connectivity index (χ3v) is 5.70. The van der Waals surface area contributed by atoms with Gasteiger partial charge in [-0.25, -0.2) is 9.97 Å². The van der Waals surface area contributed by atoms with E-state index in [0.717, 1.165) is 5.75 Å². The van der Waals surface area contributed by atoms with Crippen LogP contribution in [0.25, 0.3) is 11.2 Å². The van der Waals surface area contributed by atoms with Crippen molar-refractivity contribution >= 4 is 34.7 Å². The normalized spacial score (nSPS) is 24.5. The number of imidazole rings is 1. The topological polar surface area (TPSA) is 83.8 Å². The first kappa shape index (κ1) is 11.1.